The third-order valence-corrected chi connectivity index (χ3v) is 4.91. The van der Waals surface area contributed by atoms with Crippen LogP contribution in [0.1, 0.15) is 5.56 Å². The van der Waals surface area contributed by atoms with E-state index in [1.54, 1.807) is 0 Å². The van der Waals surface area contributed by atoms with Gasteiger partial charge < -0.3 is 0 Å². The molecule has 0 amide bonds. The lowest BCUT2D eigenvalue weighted by Crippen LogP contribution is -1.84. The zero-order valence-electron chi connectivity index (χ0n) is 11.2. The van der Waals surface area contributed by atoms with Crippen LogP contribution in [0, 0.1) is 6.92 Å². The van der Waals surface area contributed by atoms with E-state index in [2.05, 4.69) is 83.5 Å². The number of aryl methyl sites for hydroxylation is 1. The summed E-state index contributed by atoms with van der Waals surface area (Å²) in [5, 5.41) is 7.81. The van der Waals surface area contributed by atoms with Crippen LogP contribution in [0.5, 0.6) is 0 Å². The fourth-order valence-corrected chi connectivity index (χ4v) is 3.72. The molecule has 0 spiro atoms. The summed E-state index contributed by atoms with van der Waals surface area (Å²) in [4.78, 5) is 0. The molecule has 0 aliphatic heterocycles. The maximum atomic E-state index is 3.79. The van der Waals surface area contributed by atoms with E-state index in [0.29, 0.717) is 0 Å². The Morgan fingerprint density at radius 3 is 2.30 bits per heavy atom. The zero-order chi connectivity index (χ0) is 13.7. The summed E-state index contributed by atoms with van der Waals surface area (Å²) in [6.45, 7) is 2.17. The smallest absolute Gasteiger partial charge is 0.0332 e. The third kappa shape index (κ3) is 1.60. The average Bonchev–Trinajstić information content (AvgIpc) is 2.48. The second-order valence-electron chi connectivity index (χ2n) is 5.24. The molecular formula is C19H13Br. The van der Waals surface area contributed by atoms with Gasteiger partial charge in [0.05, 0.1) is 0 Å². The van der Waals surface area contributed by atoms with E-state index in [-0.39, 0.29) is 0 Å². The van der Waals surface area contributed by atoms with Crippen LogP contribution < -0.4 is 0 Å². The van der Waals surface area contributed by atoms with Crippen LogP contribution in [0.25, 0.3) is 32.3 Å². The summed E-state index contributed by atoms with van der Waals surface area (Å²) >= 11 is 3.79. The van der Waals surface area contributed by atoms with Gasteiger partial charge in [-0.3, -0.25) is 0 Å². The van der Waals surface area contributed by atoms with Crippen molar-refractivity contribution in [1.82, 2.24) is 0 Å². The van der Waals surface area contributed by atoms with E-state index in [4.69, 9.17) is 0 Å². The van der Waals surface area contributed by atoms with Crippen LogP contribution in [-0.4, -0.2) is 0 Å². The Morgan fingerprint density at radius 2 is 1.40 bits per heavy atom. The second-order valence-corrected chi connectivity index (χ2v) is 6.04. The van der Waals surface area contributed by atoms with Crippen molar-refractivity contribution in [3.63, 3.8) is 0 Å². The first-order chi connectivity index (χ1) is 9.75. The van der Waals surface area contributed by atoms with E-state index in [9.17, 15) is 0 Å². The SMILES string of the molecule is Cc1cccc2c1ccc1c(Br)c3ccccc3cc12. The Balaban J connectivity index is 2.31. The first-order valence-electron chi connectivity index (χ1n) is 6.75. The minimum Gasteiger partial charge on any atom is -0.0616 e. The summed E-state index contributed by atoms with van der Waals surface area (Å²) in [7, 11) is 0. The van der Waals surface area contributed by atoms with Gasteiger partial charge in [0.15, 0.2) is 0 Å². The van der Waals surface area contributed by atoms with Gasteiger partial charge >= 0.3 is 0 Å². The second kappa shape index (κ2) is 4.32. The van der Waals surface area contributed by atoms with Gasteiger partial charge in [-0.2, -0.15) is 0 Å². The lowest BCUT2D eigenvalue weighted by molar-refractivity contribution is 1.54. The van der Waals surface area contributed by atoms with Crippen molar-refractivity contribution in [2.75, 3.05) is 0 Å². The zero-order valence-corrected chi connectivity index (χ0v) is 12.7. The van der Waals surface area contributed by atoms with Crippen LogP contribution in [-0.2, 0) is 0 Å². The van der Waals surface area contributed by atoms with Crippen LogP contribution in [0.4, 0.5) is 0 Å². The molecule has 0 aromatic heterocycles. The third-order valence-electron chi connectivity index (χ3n) is 4.05. The van der Waals surface area contributed by atoms with Gasteiger partial charge in [0.25, 0.3) is 0 Å². The molecule has 0 saturated carbocycles. The molecule has 0 unspecified atom stereocenters. The lowest BCUT2D eigenvalue weighted by atomic mass is 9.96. The molecule has 0 saturated heterocycles. The number of fused-ring (bicyclic) bond motifs is 4. The highest BCUT2D eigenvalue weighted by atomic mass is 79.9. The van der Waals surface area contributed by atoms with Gasteiger partial charge in [0.2, 0.25) is 0 Å². The highest BCUT2D eigenvalue weighted by Gasteiger charge is 2.08. The van der Waals surface area contributed by atoms with Crippen molar-refractivity contribution in [2.45, 2.75) is 6.92 Å². The van der Waals surface area contributed by atoms with Gasteiger partial charge in [-0.05, 0) is 66.8 Å². The van der Waals surface area contributed by atoms with Crippen molar-refractivity contribution in [2.24, 2.45) is 0 Å². The molecule has 96 valence electrons. The number of hydrogen-bond acceptors (Lipinski definition) is 0. The number of rotatable bonds is 0. The van der Waals surface area contributed by atoms with Gasteiger partial charge in [0.1, 0.15) is 0 Å². The molecule has 0 aliphatic carbocycles. The molecule has 0 radical (unpaired) electrons. The van der Waals surface area contributed by atoms with Crippen molar-refractivity contribution in [3.8, 4) is 0 Å². The monoisotopic (exact) mass is 320 g/mol. The fraction of sp³-hybridized carbons (Fsp3) is 0.0526. The standard InChI is InChI=1S/C19H13Br/c1-12-5-4-8-16-14(12)9-10-17-18(16)11-13-6-2-3-7-15(13)19(17)20/h2-11H,1H3. The molecule has 4 rings (SSSR count). The normalized spacial score (nSPS) is 11.5. The molecule has 20 heavy (non-hydrogen) atoms. The Labute approximate surface area is 126 Å². The largest absolute Gasteiger partial charge is 0.0616 e. The van der Waals surface area contributed by atoms with Crippen LogP contribution >= 0.6 is 15.9 Å². The molecule has 0 aliphatic rings. The Morgan fingerprint density at radius 1 is 0.650 bits per heavy atom. The molecule has 0 atom stereocenters. The molecular weight excluding hydrogens is 308 g/mol. The molecule has 1 heteroatoms. The predicted octanol–water partition coefficient (Wildman–Crippen LogP) is 6.22. The number of halogens is 1. The van der Waals surface area contributed by atoms with E-state index in [0.717, 1.165) is 0 Å². The van der Waals surface area contributed by atoms with Crippen molar-refractivity contribution in [1.29, 1.82) is 0 Å². The molecule has 0 nitrogen and oxygen atoms in total. The van der Waals surface area contributed by atoms with Gasteiger partial charge in [-0.25, -0.2) is 0 Å². The minimum absolute atomic E-state index is 1.19. The maximum absolute atomic E-state index is 3.79. The summed E-state index contributed by atoms with van der Waals surface area (Å²) in [5.74, 6) is 0. The minimum atomic E-state index is 1.19. The van der Waals surface area contributed by atoms with E-state index >= 15 is 0 Å². The van der Waals surface area contributed by atoms with E-state index in [1.807, 2.05) is 0 Å². The Kier molecular flexibility index (Phi) is 2.58. The van der Waals surface area contributed by atoms with Gasteiger partial charge in [-0.15, -0.1) is 0 Å². The molecule has 0 fully saturated rings. The van der Waals surface area contributed by atoms with E-state index in [1.165, 1.54) is 42.4 Å². The van der Waals surface area contributed by atoms with Crippen molar-refractivity contribution in [3.05, 3.63) is 70.7 Å². The Hall–Kier alpha value is -1.86. The van der Waals surface area contributed by atoms with Crippen molar-refractivity contribution >= 4 is 48.2 Å². The highest BCUT2D eigenvalue weighted by Crippen LogP contribution is 2.36. The summed E-state index contributed by atoms with van der Waals surface area (Å²) in [6.07, 6.45) is 0. The molecule has 0 N–H and O–H groups in total. The predicted molar refractivity (Wildman–Crippen MR) is 91.4 cm³/mol. The number of benzene rings is 4. The van der Waals surface area contributed by atoms with Crippen LogP contribution in [0.15, 0.2) is 65.1 Å². The van der Waals surface area contributed by atoms with E-state index < -0.39 is 0 Å². The van der Waals surface area contributed by atoms with Crippen LogP contribution in [0.2, 0.25) is 0 Å². The van der Waals surface area contributed by atoms with Crippen molar-refractivity contribution < 1.29 is 0 Å². The first kappa shape index (κ1) is 11.9. The fourth-order valence-electron chi connectivity index (χ4n) is 3.01. The summed E-state index contributed by atoms with van der Waals surface area (Å²) in [5.41, 5.74) is 1.33. The molecule has 4 aromatic rings. The average molecular weight is 321 g/mol. The number of hydrogen-bond donors (Lipinski definition) is 0. The summed E-state index contributed by atoms with van der Waals surface area (Å²) in [6, 6.07) is 21.8. The quantitative estimate of drug-likeness (QED) is 0.266. The first-order valence-corrected chi connectivity index (χ1v) is 7.54. The Bertz CT molecular complexity index is 967. The van der Waals surface area contributed by atoms with Gasteiger partial charge in [-0.1, -0.05) is 54.6 Å². The molecule has 0 heterocycles. The molecule has 0 bridgehead atoms. The molecule has 4 aromatic carbocycles. The summed E-state index contributed by atoms with van der Waals surface area (Å²) < 4.78 is 1.19. The van der Waals surface area contributed by atoms with Gasteiger partial charge in [0, 0.05) is 4.47 Å². The lowest BCUT2D eigenvalue weighted by Gasteiger charge is -2.10. The maximum Gasteiger partial charge on any atom is 0.0332 e. The van der Waals surface area contributed by atoms with Crippen LogP contribution in [0.3, 0.4) is 0 Å². The topological polar surface area (TPSA) is 0 Å². The highest BCUT2D eigenvalue weighted by molar-refractivity contribution is 9.10.